The van der Waals surface area contributed by atoms with Crippen molar-refractivity contribution < 1.29 is 13.5 Å². The summed E-state index contributed by atoms with van der Waals surface area (Å²) in [6.45, 7) is 2.58. The lowest BCUT2D eigenvalue weighted by Crippen LogP contribution is -2.11. The van der Waals surface area contributed by atoms with Gasteiger partial charge in [-0.15, -0.1) is 0 Å². The fourth-order valence-electron chi connectivity index (χ4n) is 1.11. The molecule has 4 heteroatoms. The Hall–Kier alpha value is -1.00. The summed E-state index contributed by atoms with van der Waals surface area (Å²) in [4.78, 5) is 0. The molecular weight excluding hydrogens is 188 g/mol. The number of halogens is 2. The van der Waals surface area contributed by atoms with Crippen LogP contribution in [0.1, 0.15) is 18.6 Å². The summed E-state index contributed by atoms with van der Waals surface area (Å²) in [6, 6.07) is 3.73. The molecule has 78 valence electrons. The fraction of sp³-hybridized carbons (Fsp3) is 0.400. The number of ether oxygens (including phenoxy) is 1. The Morgan fingerprint density at radius 2 is 2.07 bits per heavy atom. The highest BCUT2D eigenvalue weighted by molar-refractivity contribution is 5.19. The van der Waals surface area contributed by atoms with Crippen LogP contribution in [0.4, 0.5) is 8.78 Å². The predicted molar refractivity (Wildman–Crippen MR) is 49.8 cm³/mol. The van der Waals surface area contributed by atoms with E-state index in [9.17, 15) is 8.78 Å². The zero-order chi connectivity index (χ0) is 10.6. The average molecular weight is 201 g/mol. The Balaban J connectivity index is 2.70. The molecule has 14 heavy (non-hydrogen) atoms. The van der Waals surface area contributed by atoms with E-state index >= 15 is 0 Å². The van der Waals surface area contributed by atoms with Gasteiger partial charge in [-0.25, -0.2) is 8.78 Å². The van der Waals surface area contributed by atoms with Crippen LogP contribution in [0, 0.1) is 11.6 Å². The quantitative estimate of drug-likeness (QED) is 0.808. The van der Waals surface area contributed by atoms with Crippen LogP contribution in [0.25, 0.3) is 0 Å². The molecule has 0 aliphatic rings. The first-order valence-electron chi connectivity index (χ1n) is 4.41. The second-order valence-electron chi connectivity index (χ2n) is 2.98. The molecule has 0 bridgehead atoms. The summed E-state index contributed by atoms with van der Waals surface area (Å²) in [7, 11) is 0. The molecule has 0 aliphatic heterocycles. The number of benzene rings is 1. The van der Waals surface area contributed by atoms with Crippen LogP contribution in [0.15, 0.2) is 18.2 Å². The van der Waals surface area contributed by atoms with E-state index in [2.05, 4.69) is 0 Å². The molecule has 1 atom stereocenters. The molecule has 2 N–H and O–H groups in total. The second-order valence-corrected chi connectivity index (χ2v) is 2.98. The van der Waals surface area contributed by atoms with Gasteiger partial charge in [-0.2, -0.15) is 0 Å². The van der Waals surface area contributed by atoms with Crippen LogP contribution >= 0.6 is 0 Å². The largest absolute Gasteiger partial charge is 0.373 e. The van der Waals surface area contributed by atoms with Gasteiger partial charge >= 0.3 is 0 Å². The maximum Gasteiger partial charge on any atom is 0.159 e. The summed E-state index contributed by atoms with van der Waals surface area (Å²) in [6.07, 6.45) is -0.270. The van der Waals surface area contributed by atoms with Crippen molar-refractivity contribution in [1.82, 2.24) is 0 Å². The van der Waals surface area contributed by atoms with Crippen molar-refractivity contribution >= 4 is 0 Å². The van der Waals surface area contributed by atoms with Crippen LogP contribution in [0.5, 0.6) is 0 Å². The molecule has 2 nitrogen and oxygen atoms in total. The molecule has 1 aromatic rings. The Morgan fingerprint density at radius 3 is 2.64 bits per heavy atom. The van der Waals surface area contributed by atoms with Crippen LogP contribution in [0.3, 0.4) is 0 Å². The Kier molecular flexibility index (Phi) is 3.98. The zero-order valence-corrected chi connectivity index (χ0v) is 7.97. The van der Waals surface area contributed by atoms with Crippen molar-refractivity contribution in [3.63, 3.8) is 0 Å². The molecule has 0 saturated heterocycles. The molecular formula is C10H13F2NO. The molecule has 0 amide bonds. The van der Waals surface area contributed by atoms with Gasteiger partial charge in [0.1, 0.15) is 0 Å². The van der Waals surface area contributed by atoms with Gasteiger partial charge in [0.05, 0.1) is 12.7 Å². The van der Waals surface area contributed by atoms with Gasteiger partial charge in [0, 0.05) is 6.54 Å². The normalized spacial score (nSPS) is 12.9. The van der Waals surface area contributed by atoms with Crippen LogP contribution in [0.2, 0.25) is 0 Å². The van der Waals surface area contributed by atoms with Crippen molar-refractivity contribution in [1.29, 1.82) is 0 Å². The molecule has 0 radical (unpaired) electrons. The summed E-state index contributed by atoms with van der Waals surface area (Å²) in [5, 5.41) is 0. The lowest BCUT2D eigenvalue weighted by Gasteiger charge is -2.12. The monoisotopic (exact) mass is 201 g/mol. The Labute approximate surface area is 81.7 Å². The van der Waals surface area contributed by atoms with Crippen LogP contribution in [-0.2, 0) is 4.74 Å². The minimum Gasteiger partial charge on any atom is -0.373 e. The predicted octanol–water partition coefficient (Wildman–Crippen LogP) is 2.00. The highest BCUT2D eigenvalue weighted by Gasteiger charge is 2.08. The Morgan fingerprint density at radius 1 is 1.36 bits per heavy atom. The standard InChI is InChI=1S/C10H13F2NO/c1-7(14-5-4-13)8-2-3-9(11)10(12)6-8/h2-3,6-7H,4-5,13H2,1H3. The first-order valence-corrected chi connectivity index (χ1v) is 4.41. The molecule has 0 spiro atoms. The van der Waals surface area contributed by atoms with Gasteiger partial charge < -0.3 is 10.5 Å². The Bertz CT molecular complexity index is 304. The lowest BCUT2D eigenvalue weighted by atomic mass is 10.1. The number of hydrogen-bond acceptors (Lipinski definition) is 2. The van der Waals surface area contributed by atoms with Crippen molar-refractivity contribution in [3.8, 4) is 0 Å². The summed E-state index contributed by atoms with van der Waals surface area (Å²) in [5.41, 5.74) is 5.86. The number of hydrogen-bond donors (Lipinski definition) is 1. The zero-order valence-electron chi connectivity index (χ0n) is 7.97. The van der Waals surface area contributed by atoms with Crippen LogP contribution < -0.4 is 5.73 Å². The van der Waals surface area contributed by atoms with Crippen molar-refractivity contribution in [3.05, 3.63) is 35.4 Å². The molecule has 0 heterocycles. The van der Waals surface area contributed by atoms with E-state index in [-0.39, 0.29) is 6.10 Å². The molecule has 0 aromatic heterocycles. The molecule has 1 rings (SSSR count). The smallest absolute Gasteiger partial charge is 0.159 e. The maximum atomic E-state index is 12.8. The van der Waals surface area contributed by atoms with E-state index < -0.39 is 11.6 Å². The first-order chi connectivity index (χ1) is 6.65. The van der Waals surface area contributed by atoms with Gasteiger partial charge in [-0.1, -0.05) is 6.07 Å². The fourth-order valence-corrected chi connectivity index (χ4v) is 1.11. The van der Waals surface area contributed by atoms with Gasteiger partial charge in [0.25, 0.3) is 0 Å². The minimum atomic E-state index is -0.856. The summed E-state index contributed by atoms with van der Waals surface area (Å²) < 4.78 is 30.6. The van der Waals surface area contributed by atoms with Gasteiger partial charge in [0.15, 0.2) is 11.6 Å². The number of nitrogens with two attached hydrogens (primary N) is 1. The van der Waals surface area contributed by atoms with Crippen molar-refractivity contribution in [2.45, 2.75) is 13.0 Å². The third kappa shape index (κ3) is 2.75. The van der Waals surface area contributed by atoms with E-state index in [4.69, 9.17) is 10.5 Å². The van der Waals surface area contributed by atoms with E-state index in [0.29, 0.717) is 18.7 Å². The number of rotatable bonds is 4. The maximum absolute atomic E-state index is 12.8. The van der Waals surface area contributed by atoms with E-state index in [0.717, 1.165) is 12.1 Å². The highest BCUT2D eigenvalue weighted by atomic mass is 19.2. The topological polar surface area (TPSA) is 35.2 Å². The van der Waals surface area contributed by atoms with Crippen LogP contribution in [-0.4, -0.2) is 13.2 Å². The SMILES string of the molecule is CC(OCCN)c1ccc(F)c(F)c1. The van der Waals surface area contributed by atoms with E-state index in [1.165, 1.54) is 6.07 Å². The molecule has 1 unspecified atom stereocenters. The van der Waals surface area contributed by atoms with Gasteiger partial charge in [0.2, 0.25) is 0 Å². The minimum absolute atomic E-state index is 0.270. The van der Waals surface area contributed by atoms with Gasteiger partial charge in [-0.3, -0.25) is 0 Å². The lowest BCUT2D eigenvalue weighted by molar-refractivity contribution is 0.0715. The molecule has 0 aliphatic carbocycles. The third-order valence-electron chi connectivity index (χ3n) is 1.90. The third-order valence-corrected chi connectivity index (χ3v) is 1.90. The summed E-state index contributed by atoms with van der Waals surface area (Å²) in [5.74, 6) is -1.70. The van der Waals surface area contributed by atoms with E-state index in [1.807, 2.05) is 0 Å². The first kappa shape index (κ1) is 11.1. The second kappa shape index (κ2) is 5.02. The summed E-state index contributed by atoms with van der Waals surface area (Å²) >= 11 is 0. The molecule has 0 fully saturated rings. The highest BCUT2D eigenvalue weighted by Crippen LogP contribution is 2.18. The molecule has 1 aromatic carbocycles. The van der Waals surface area contributed by atoms with Crippen molar-refractivity contribution in [2.75, 3.05) is 13.2 Å². The van der Waals surface area contributed by atoms with E-state index in [1.54, 1.807) is 6.92 Å². The molecule has 0 saturated carbocycles. The average Bonchev–Trinajstić information content (AvgIpc) is 2.18. The van der Waals surface area contributed by atoms with Crippen molar-refractivity contribution in [2.24, 2.45) is 5.73 Å². The van der Waals surface area contributed by atoms with Gasteiger partial charge in [-0.05, 0) is 24.6 Å².